The monoisotopic (exact) mass is 241 g/mol. The molecule has 1 N–H and O–H groups in total. The molecule has 0 unspecified atom stereocenters. The van der Waals surface area contributed by atoms with Crippen LogP contribution in [-0.4, -0.2) is 47.7 Å². The molecule has 2 aliphatic rings. The number of hydrogen-bond donors (Lipinski definition) is 1. The smallest absolute Gasteiger partial charge is 0.332 e. The van der Waals surface area contributed by atoms with Gasteiger partial charge < -0.3 is 14.7 Å². The Kier molecular flexibility index (Phi) is 3.66. The predicted molar refractivity (Wildman–Crippen MR) is 60.5 cm³/mol. The van der Waals surface area contributed by atoms with Crippen molar-refractivity contribution in [3.63, 3.8) is 0 Å². The van der Waals surface area contributed by atoms with Crippen LogP contribution in [0.25, 0.3) is 0 Å². The van der Waals surface area contributed by atoms with E-state index in [4.69, 9.17) is 9.84 Å². The third kappa shape index (κ3) is 2.77. The van der Waals surface area contributed by atoms with Crippen molar-refractivity contribution in [2.45, 2.75) is 44.3 Å². The number of carboxylic acids is 1. The van der Waals surface area contributed by atoms with Gasteiger partial charge in [-0.05, 0) is 31.6 Å². The Morgan fingerprint density at radius 2 is 1.88 bits per heavy atom. The van der Waals surface area contributed by atoms with Crippen LogP contribution in [0.15, 0.2) is 0 Å². The molecule has 0 aromatic heterocycles. The third-order valence-electron chi connectivity index (χ3n) is 3.70. The van der Waals surface area contributed by atoms with Crippen LogP contribution in [-0.2, 0) is 14.3 Å². The topological polar surface area (TPSA) is 66.8 Å². The first-order valence-corrected chi connectivity index (χ1v) is 6.21. The third-order valence-corrected chi connectivity index (χ3v) is 3.70. The maximum Gasteiger partial charge on any atom is 0.332 e. The minimum Gasteiger partial charge on any atom is -0.479 e. The zero-order chi connectivity index (χ0) is 12.4. The van der Waals surface area contributed by atoms with Crippen LogP contribution >= 0.6 is 0 Å². The molecule has 0 radical (unpaired) electrons. The van der Waals surface area contributed by atoms with E-state index in [1.807, 2.05) is 0 Å². The number of aliphatic carboxylic acids is 1. The number of hydrogen-bond acceptors (Lipinski definition) is 3. The van der Waals surface area contributed by atoms with Gasteiger partial charge in [0.15, 0.2) is 6.10 Å². The second-order valence-corrected chi connectivity index (χ2v) is 5.04. The van der Waals surface area contributed by atoms with Crippen molar-refractivity contribution in [3.8, 4) is 0 Å². The lowest BCUT2D eigenvalue weighted by Crippen LogP contribution is -2.40. The predicted octanol–water partition coefficient (Wildman–Crippen LogP) is 0.877. The molecule has 1 saturated carbocycles. The quantitative estimate of drug-likeness (QED) is 0.793. The molecule has 0 spiro atoms. The number of rotatable bonds is 4. The lowest BCUT2D eigenvalue weighted by Gasteiger charge is -2.31. The number of ether oxygens (including phenoxy) is 1. The molecule has 0 bridgehead atoms. The molecule has 96 valence electrons. The molecule has 1 aliphatic carbocycles. The Hall–Kier alpha value is -1.10. The van der Waals surface area contributed by atoms with E-state index in [9.17, 15) is 9.59 Å². The van der Waals surface area contributed by atoms with Crippen molar-refractivity contribution < 1.29 is 19.4 Å². The summed E-state index contributed by atoms with van der Waals surface area (Å²) >= 11 is 0. The fourth-order valence-corrected chi connectivity index (χ4v) is 2.40. The van der Waals surface area contributed by atoms with Crippen molar-refractivity contribution in [1.82, 2.24) is 4.90 Å². The molecule has 2 atom stereocenters. The Bertz CT molecular complexity index is 314. The highest BCUT2D eigenvalue weighted by Gasteiger charge is 2.36. The van der Waals surface area contributed by atoms with Gasteiger partial charge in [-0.25, -0.2) is 4.79 Å². The highest BCUT2D eigenvalue weighted by molar-refractivity contribution is 5.82. The van der Waals surface area contributed by atoms with Gasteiger partial charge in [-0.3, -0.25) is 4.79 Å². The Morgan fingerprint density at radius 1 is 1.24 bits per heavy atom. The number of amides is 1. The Labute approximate surface area is 101 Å². The van der Waals surface area contributed by atoms with Gasteiger partial charge in [0.2, 0.25) is 0 Å². The number of carbonyl (C=O) groups excluding carboxylic acids is 1. The Morgan fingerprint density at radius 3 is 2.35 bits per heavy atom. The van der Waals surface area contributed by atoms with Gasteiger partial charge in [0.05, 0.1) is 0 Å². The Balaban J connectivity index is 1.81. The largest absolute Gasteiger partial charge is 0.479 e. The molecule has 1 aliphatic heterocycles. The van der Waals surface area contributed by atoms with Gasteiger partial charge in [-0.15, -0.1) is 0 Å². The van der Waals surface area contributed by atoms with Crippen molar-refractivity contribution in [3.05, 3.63) is 0 Å². The summed E-state index contributed by atoms with van der Waals surface area (Å²) in [5, 5.41) is 8.79. The van der Waals surface area contributed by atoms with Gasteiger partial charge in [0.1, 0.15) is 6.10 Å². The standard InChI is InChI=1S/C12H19NO4/c1-13(7-8-3-2-4-8)11(14)9-5-6-10(17-9)12(15)16/h8-10H,2-7H2,1H3,(H,15,16)/t9-,10+/m0/s1. The average Bonchev–Trinajstić information content (AvgIpc) is 2.71. The lowest BCUT2D eigenvalue weighted by atomic mass is 9.85. The van der Waals surface area contributed by atoms with Crippen LogP contribution in [0.3, 0.4) is 0 Å². The van der Waals surface area contributed by atoms with Gasteiger partial charge in [-0.1, -0.05) is 6.42 Å². The normalized spacial score (nSPS) is 28.8. The summed E-state index contributed by atoms with van der Waals surface area (Å²) in [4.78, 5) is 24.4. The molecule has 5 heteroatoms. The average molecular weight is 241 g/mol. The van der Waals surface area contributed by atoms with E-state index in [1.54, 1.807) is 11.9 Å². The van der Waals surface area contributed by atoms with Crippen LogP contribution < -0.4 is 0 Å². The van der Waals surface area contributed by atoms with Crippen LogP contribution in [0.5, 0.6) is 0 Å². The summed E-state index contributed by atoms with van der Waals surface area (Å²) in [6, 6.07) is 0. The molecular formula is C12H19NO4. The summed E-state index contributed by atoms with van der Waals surface area (Å²) in [5.74, 6) is -0.414. The van der Waals surface area contributed by atoms with Gasteiger partial charge in [-0.2, -0.15) is 0 Å². The van der Waals surface area contributed by atoms with E-state index in [0.717, 1.165) is 6.54 Å². The molecule has 2 fully saturated rings. The van der Waals surface area contributed by atoms with Crippen molar-refractivity contribution in [1.29, 1.82) is 0 Å². The van der Waals surface area contributed by atoms with E-state index in [1.165, 1.54) is 19.3 Å². The van der Waals surface area contributed by atoms with Crippen molar-refractivity contribution >= 4 is 11.9 Å². The highest BCUT2D eigenvalue weighted by atomic mass is 16.5. The van der Waals surface area contributed by atoms with E-state index in [2.05, 4.69) is 0 Å². The number of carboxylic acid groups (broad SMARTS) is 1. The maximum atomic E-state index is 12.0. The molecule has 2 rings (SSSR count). The van der Waals surface area contributed by atoms with E-state index in [-0.39, 0.29) is 5.91 Å². The number of carbonyl (C=O) groups is 2. The highest BCUT2D eigenvalue weighted by Crippen LogP contribution is 2.28. The summed E-state index contributed by atoms with van der Waals surface area (Å²) in [7, 11) is 1.78. The first kappa shape index (κ1) is 12.4. The molecule has 1 amide bonds. The SMILES string of the molecule is CN(CC1CCC1)C(=O)[C@@H]1CC[C@H](C(=O)O)O1. The molecule has 1 heterocycles. The van der Waals surface area contributed by atoms with Crippen LogP contribution in [0.4, 0.5) is 0 Å². The minimum atomic E-state index is -0.970. The van der Waals surface area contributed by atoms with Gasteiger partial charge in [0, 0.05) is 13.6 Å². The fourth-order valence-electron chi connectivity index (χ4n) is 2.40. The maximum absolute atomic E-state index is 12.0. The molecule has 0 aromatic rings. The zero-order valence-electron chi connectivity index (χ0n) is 10.1. The number of nitrogens with zero attached hydrogens (tertiary/aromatic N) is 1. The van der Waals surface area contributed by atoms with Gasteiger partial charge >= 0.3 is 5.97 Å². The van der Waals surface area contributed by atoms with Crippen molar-refractivity contribution in [2.75, 3.05) is 13.6 Å². The van der Waals surface area contributed by atoms with E-state index >= 15 is 0 Å². The molecular weight excluding hydrogens is 222 g/mol. The van der Waals surface area contributed by atoms with Crippen LogP contribution in [0.2, 0.25) is 0 Å². The van der Waals surface area contributed by atoms with E-state index < -0.39 is 18.2 Å². The summed E-state index contributed by atoms with van der Waals surface area (Å²) < 4.78 is 5.25. The van der Waals surface area contributed by atoms with E-state index in [0.29, 0.717) is 18.8 Å². The molecule has 17 heavy (non-hydrogen) atoms. The second kappa shape index (κ2) is 5.04. The first-order chi connectivity index (χ1) is 8.08. The molecule has 0 aromatic carbocycles. The van der Waals surface area contributed by atoms with Crippen LogP contribution in [0.1, 0.15) is 32.1 Å². The number of likely N-dealkylation sites (N-methyl/N-ethyl adjacent to an activating group) is 1. The molecule has 5 nitrogen and oxygen atoms in total. The first-order valence-electron chi connectivity index (χ1n) is 6.21. The summed E-state index contributed by atoms with van der Waals surface area (Å²) in [6.07, 6.45) is 3.24. The summed E-state index contributed by atoms with van der Waals surface area (Å²) in [5.41, 5.74) is 0. The van der Waals surface area contributed by atoms with Crippen molar-refractivity contribution in [2.24, 2.45) is 5.92 Å². The minimum absolute atomic E-state index is 0.0688. The second-order valence-electron chi connectivity index (χ2n) is 5.04. The van der Waals surface area contributed by atoms with Gasteiger partial charge in [0.25, 0.3) is 5.91 Å². The molecule has 1 saturated heterocycles. The van der Waals surface area contributed by atoms with Crippen LogP contribution in [0, 0.1) is 5.92 Å². The zero-order valence-corrected chi connectivity index (χ0v) is 10.1. The summed E-state index contributed by atoms with van der Waals surface area (Å²) in [6.45, 7) is 0.774. The fraction of sp³-hybridized carbons (Fsp3) is 0.833. The lowest BCUT2D eigenvalue weighted by molar-refractivity contribution is -0.154.